The van der Waals surface area contributed by atoms with Gasteiger partial charge in [0.25, 0.3) is 0 Å². The fourth-order valence-corrected chi connectivity index (χ4v) is 0.784. The fourth-order valence-electron chi connectivity index (χ4n) is 0.784. The summed E-state index contributed by atoms with van der Waals surface area (Å²) in [4.78, 5) is 0. The second-order valence-electron chi connectivity index (χ2n) is 2.55. The van der Waals surface area contributed by atoms with E-state index in [2.05, 4.69) is 5.32 Å². The molecule has 5 nitrogen and oxygen atoms in total. The molecule has 0 aliphatic rings. The molecule has 0 unspecified atom stereocenters. The number of hydrogen-bond acceptors (Lipinski definition) is 5. The molecule has 94 valence electrons. The average Bonchev–Trinajstić information content (AvgIpc) is 2.30. The molecule has 0 amide bonds. The van der Waals surface area contributed by atoms with Crippen LogP contribution in [0.2, 0.25) is 0 Å². The van der Waals surface area contributed by atoms with E-state index in [1.165, 1.54) is 0 Å². The lowest BCUT2D eigenvalue weighted by atomic mass is 10.6. The van der Waals surface area contributed by atoms with Gasteiger partial charge >= 0.3 is 0 Å². The van der Waals surface area contributed by atoms with Crippen LogP contribution in [0.4, 0.5) is 0 Å². The summed E-state index contributed by atoms with van der Waals surface area (Å²) in [7, 11) is 0. The van der Waals surface area contributed by atoms with E-state index < -0.39 is 0 Å². The van der Waals surface area contributed by atoms with Crippen molar-refractivity contribution in [1.82, 2.24) is 5.32 Å². The number of rotatable bonds is 10. The summed E-state index contributed by atoms with van der Waals surface area (Å²) in [5, 5.41) is 3.17. The van der Waals surface area contributed by atoms with Gasteiger partial charge in [0.05, 0.1) is 26.4 Å². The Morgan fingerprint density at radius 3 is 1.53 bits per heavy atom. The Morgan fingerprint density at radius 2 is 1.20 bits per heavy atom. The van der Waals surface area contributed by atoms with E-state index in [0.717, 1.165) is 13.1 Å². The van der Waals surface area contributed by atoms with E-state index >= 15 is 0 Å². The quantitative estimate of drug-likeness (QED) is 0.435. The molecule has 0 rings (SSSR count). The van der Waals surface area contributed by atoms with Gasteiger partial charge in [-0.3, -0.25) is 0 Å². The molecule has 0 saturated heterocycles. The van der Waals surface area contributed by atoms with Gasteiger partial charge in [0.1, 0.15) is 0 Å². The monoisotopic (exact) mass is 221 g/mol. The summed E-state index contributed by atoms with van der Waals surface area (Å²) in [6, 6.07) is 0. The second kappa shape index (κ2) is 19.4. The van der Waals surface area contributed by atoms with Gasteiger partial charge in [-0.15, -0.1) is 0 Å². The maximum Gasteiger partial charge on any atom is 0.0591 e. The van der Waals surface area contributed by atoms with Crippen LogP contribution in [0.25, 0.3) is 0 Å². The Morgan fingerprint density at radius 1 is 0.800 bits per heavy atom. The van der Waals surface area contributed by atoms with E-state index in [1.54, 1.807) is 0 Å². The minimum Gasteiger partial charge on any atom is -0.379 e. The normalized spacial score (nSPS) is 9.60. The van der Waals surface area contributed by atoms with Crippen LogP contribution in [-0.2, 0) is 9.47 Å². The van der Waals surface area contributed by atoms with Gasteiger partial charge in [0.2, 0.25) is 0 Å². The van der Waals surface area contributed by atoms with Crippen LogP contribution < -0.4 is 16.8 Å². The first kappa shape index (κ1) is 17.2. The van der Waals surface area contributed by atoms with Crippen LogP contribution >= 0.6 is 0 Å². The molecule has 0 aliphatic heterocycles. The smallest absolute Gasteiger partial charge is 0.0591 e. The van der Waals surface area contributed by atoms with Crippen LogP contribution in [0.3, 0.4) is 0 Å². The molecule has 0 aromatic rings. The molecule has 5 heteroatoms. The summed E-state index contributed by atoms with van der Waals surface area (Å²) in [5.74, 6) is 0. The molecule has 0 spiro atoms. The highest BCUT2D eigenvalue weighted by atomic mass is 16.5. The molecule has 0 heterocycles. The van der Waals surface area contributed by atoms with Crippen molar-refractivity contribution in [3.8, 4) is 0 Å². The van der Waals surface area contributed by atoms with Crippen LogP contribution in [0.1, 0.15) is 13.8 Å². The number of nitrogens with two attached hydrogens (primary N) is 2. The largest absolute Gasteiger partial charge is 0.379 e. The van der Waals surface area contributed by atoms with Gasteiger partial charge in [-0.05, 0) is 0 Å². The Balaban J connectivity index is 0. The zero-order valence-corrected chi connectivity index (χ0v) is 10.1. The highest BCUT2D eigenvalue weighted by molar-refractivity contribution is 4.45. The van der Waals surface area contributed by atoms with Crippen molar-refractivity contribution in [1.29, 1.82) is 0 Å². The predicted molar refractivity (Wildman–Crippen MR) is 64.0 cm³/mol. The van der Waals surface area contributed by atoms with Crippen LogP contribution in [0.15, 0.2) is 0 Å². The second-order valence-corrected chi connectivity index (χ2v) is 2.55. The molecule has 0 aromatic heterocycles. The number of hydrogen-bond donors (Lipinski definition) is 3. The Bertz CT molecular complexity index is 84.7. The Labute approximate surface area is 93.5 Å². The molecule has 0 radical (unpaired) electrons. The van der Waals surface area contributed by atoms with E-state index in [1.807, 2.05) is 13.8 Å². The van der Waals surface area contributed by atoms with E-state index in [9.17, 15) is 0 Å². The van der Waals surface area contributed by atoms with Crippen molar-refractivity contribution in [2.24, 2.45) is 11.5 Å². The SMILES string of the molecule is CC.NCCOCCNCCOCCN. The summed E-state index contributed by atoms with van der Waals surface area (Å²) >= 11 is 0. The topological polar surface area (TPSA) is 82.5 Å². The van der Waals surface area contributed by atoms with Crippen molar-refractivity contribution in [3.63, 3.8) is 0 Å². The van der Waals surface area contributed by atoms with Crippen molar-refractivity contribution in [3.05, 3.63) is 0 Å². The summed E-state index contributed by atoms with van der Waals surface area (Å²) in [5.41, 5.74) is 10.5. The number of nitrogens with one attached hydrogen (secondary N) is 1. The maximum absolute atomic E-state index is 5.25. The van der Waals surface area contributed by atoms with Crippen LogP contribution in [0.5, 0.6) is 0 Å². The van der Waals surface area contributed by atoms with Gasteiger partial charge < -0.3 is 26.3 Å². The molecule has 5 N–H and O–H groups in total. The molecular formula is C10H27N3O2. The minimum absolute atomic E-state index is 0.583. The van der Waals surface area contributed by atoms with Crippen molar-refractivity contribution in [2.75, 3.05) is 52.6 Å². The first-order valence-electron chi connectivity index (χ1n) is 5.68. The summed E-state index contributed by atoms with van der Waals surface area (Å²) in [6.07, 6.45) is 0. The minimum atomic E-state index is 0.583. The van der Waals surface area contributed by atoms with Crippen LogP contribution in [0, 0.1) is 0 Å². The third kappa shape index (κ3) is 20.0. The molecule has 0 fully saturated rings. The average molecular weight is 221 g/mol. The van der Waals surface area contributed by atoms with Crippen molar-refractivity contribution in [2.45, 2.75) is 13.8 Å². The van der Waals surface area contributed by atoms with E-state index in [0.29, 0.717) is 39.5 Å². The molecule has 0 aromatic carbocycles. The zero-order chi connectivity index (χ0) is 11.8. The van der Waals surface area contributed by atoms with Crippen LogP contribution in [-0.4, -0.2) is 52.6 Å². The van der Waals surface area contributed by atoms with E-state index in [-0.39, 0.29) is 0 Å². The molecule has 0 bridgehead atoms. The highest BCUT2D eigenvalue weighted by Gasteiger charge is 1.88. The third-order valence-electron chi connectivity index (χ3n) is 1.37. The highest BCUT2D eigenvalue weighted by Crippen LogP contribution is 1.72. The van der Waals surface area contributed by atoms with Gasteiger partial charge in [-0.25, -0.2) is 0 Å². The standard InChI is InChI=1S/C8H21N3O2.C2H6/c9-1-5-12-7-3-11-4-8-13-6-2-10;1-2/h11H,1-10H2;1-2H3. The van der Waals surface area contributed by atoms with Crippen molar-refractivity contribution >= 4 is 0 Å². The van der Waals surface area contributed by atoms with Gasteiger partial charge in [0, 0.05) is 26.2 Å². The Hall–Kier alpha value is -0.200. The van der Waals surface area contributed by atoms with E-state index in [4.69, 9.17) is 20.9 Å². The molecule has 0 aliphatic carbocycles. The third-order valence-corrected chi connectivity index (χ3v) is 1.37. The van der Waals surface area contributed by atoms with Gasteiger partial charge in [-0.1, -0.05) is 13.8 Å². The molecule has 0 atom stereocenters. The summed E-state index contributed by atoms with van der Waals surface area (Å²) < 4.78 is 10.3. The lowest BCUT2D eigenvalue weighted by Crippen LogP contribution is -2.25. The predicted octanol–water partition coefficient (Wildman–Crippen LogP) is -0.447. The fraction of sp³-hybridized carbons (Fsp3) is 1.00. The van der Waals surface area contributed by atoms with Gasteiger partial charge in [-0.2, -0.15) is 0 Å². The lowest BCUT2D eigenvalue weighted by molar-refractivity contribution is 0.128. The first-order chi connectivity index (χ1) is 7.41. The molecule has 15 heavy (non-hydrogen) atoms. The Kier molecular flexibility index (Phi) is 22.2. The molecule has 0 saturated carbocycles. The first-order valence-corrected chi connectivity index (χ1v) is 5.68. The zero-order valence-electron chi connectivity index (χ0n) is 10.1. The molecular weight excluding hydrogens is 194 g/mol. The number of ether oxygens (including phenoxy) is 2. The maximum atomic E-state index is 5.25. The summed E-state index contributed by atoms with van der Waals surface area (Å²) in [6.45, 7) is 9.51. The van der Waals surface area contributed by atoms with Crippen molar-refractivity contribution < 1.29 is 9.47 Å². The van der Waals surface area contributed by atoms with Gasteiger partial charge in [0.15, 0.2) is 0 Å². The lowest BCUT2D eigenvalue weighted by Gasteiger charge is -2.05.